The zero-order valence-electron chi connectivity index (χ0n) is 9.89. The third-order valence-electron chi connectivity index (χ3n) is 3.43. The second-order valence-corrected chi connectivity index (χ2v) is 4.89. The van der Waals surface area contributed by atoms with Crippen LogP contribution in [0.1, 0.15) is 26.7 Å². The molecule has 1 fully saturated rings. The van der Waals surface area contributed by atoms with E-state index in [2.05, 4.69) is 13.8 Å². The lowest BCUT2D eigenvalue weighted by atomic mass is 9.76. The number of aldehydes is 1. The Bertz CT molecular complexity index is 241. The summed E-state index contributed by atoms with van der Waals surface area (Å²) < 4.78 is 5.42. The van der Waals surface area contributed by atoms with Crippen molar-refractivity contribution >= 4 is 12.3 Å². The lowest BCUT2D eigenvalue weighted by Crippen LogP contribution is -2.34. The van der Waals surface area contributed by atoms with Gasteiger partial charge in [-0.25, -0.2) is 0 Å². The van der Waals surface area contributed by atoms with E-state index in [1.165, 1.54) is 0 Å². The van der Waals surface area contributed by atoms with Gasteiger partial charge in [-0.3, -0.25) is 4.79 Å². The first-order valence-corrected chi connectivity index (χ1v) is 5.79. The first-order chi connectivity index (χ1) is 7.54. The van der Waals surface area contributed by atoms with Crippen molar-refractivity contribution in [1.82, 2.24) is 0 Å². The van der Waals surface area contributed by atoms with Crippen molar-refractivity contribution in [3.05, 3.63) is 0 Å². The van der Waals surface area contributed by atoms with Gasteiger partial charge < -0.3 is 14.6 Å². The van der Waals surface area contributed by atoms with Crippen LogP contribution in [0, 0.1) is 23.7 Å². The predicted octanol–water partition coefficient (Wildman–Crippen LogP) is 1.58. The fraction of sp³-hybridized carbons (Fsp3) is 0.833. The molecule has 4 heteroatoms. The maximum atomic E-state index is 10.8. The lowest BCUT2D eigenvalue weighted by Gasteiger charge is -2.35. The summed E-state index contributed by atoms with van der Waals surface area (Å²) in [6.45, 7) is 5.63. The highest BCUT2D eigenvalue weighted by molar-refractivity contribution is 5.71. The molecule has 0 aromatic rings. The minimum absolute atomic E-state index is 0.0553. The summed E-state index contributed by atoms with van der Waals surface area (Å²) >= 11 is 0. The highest BCUT2D eigenvalue weighted by atomic mass is 16.5. The molecular formula is C12H20O4. The van der Waals surface area contributed by atoms with E-state index in [4.69, 9.17) is 9.84 Å². The maximum Gasteiger partial charge on any atom is 0.304 e. The van der Waals surface area contributed by atoms with Crippen LogP contribution in [0.15, 0.2) is 0 Å². The predicted molar refractivity (Wildman–Crippen MR) is 59.1 cm³/mol. The zero-order chi connectivity index (χ0) is 12.1. The minimum atomic E-state index is -0.899. The van der Waals surface area contributed by atoms with Crippen LogP contribution in [0.5, 0.6) is 0 Å². The van der Waals surface area contributed by atoms with E-state index in [1.807, 2.05) is 0 Å². The van der Waals surface area contributed by atoms with Crippen molar-refractivity contribution in [3.8, 4) is 0 Å². The molecule has 1 heterocycles. The van der Waals surface area contributed by atoms with Crippen molar-refractivity contribution in [2.45, 2.75) is 26.7 Å². The van der Waals surface area contributed by atoms with Crippen LogP contribution in [0.2, 0.25) is 0 Å². The van der Waals surface area contributed by atoms with Gasteiger partial charge in [-0.05, 0) is 24.2 Å². The van der Waals surface area contributed by atoms with Crippen molar-refractivity contribution in [3.63, 3.8) is 0 Å². The number of carboxylic acids is 1. The molecule has 0 aromatic carbocycles. The number of ether oxygens (including phenoxy) is 1. The van der Waals surface area contributed by atoms with E-state index < -0.39 is 5.97 Å². The normalized spacial score (nSPS) is 32.0. The minimum Gasteiger partial charge on any atom is -0.481 e. The number of hydrogen-bond donors (Lipinski definition) is 1. The summed E-state index contributed by atoms with van der Waals surface area (Å²) in [4.78, 5) is 21.4. The highest BCUT2D eigenvalue weighted by Gasteiger charge is 2.31. The monoisotopic (exact) mass is 228 g/mol. The fourth-order valence-electron chi connectivity index (χ4n) is 2.47. The summed E-state index contributed by atoms with van der Waals surface area (Å²) in [5.74, 6) is -0.0572. The number of carboxylic acid groups (broad SMARTS) is 1. The summed E-state index contributed by atoms with van der Waals surface area (Å²) in [5, 5.41) is 8.69. The van der Waals surface area contributed by atoms with Crippen LogP contribution in [0.3, 0.4) is 0 Å². The molecular weight excluding hydrogens is 208 g/mol. The zero-order valence-corrected chi connectivity index (χ0v) is 9.89. The van der Waals surface area contributed by atoms with Crippen molar-refractivity contribution in [2.24, 2.45) is 23.7 Å². The summed E-state index contributed by atoms with van der Waals surface area (Å²) in [7, 11) is 0. The van der Waals surface area contributed by atoms with E-state index in [9.17, 15) is 9.59 Å². The first kappa shape index (κ1) is 13.2. The van der Waals surface area contributed by atoms with Crippen LogP contribution >= 0.6 is 0 Å². The molecule has 1 aliphatic rings. The third kappa shape index (κ3) is 3.59. The van der Waals surface area contributed by atoms with Gasteiger partial charge in [0, 0.05) is 19.1 Å². The van der Waals surface area contributed by atoms with E-state index in [1.54, 1.807) is 0 Å². The molecule has 1 aliphatic heterocycles. The van der Waals surface area contributed by atoms with Gasteiger partial charge in [0.25, 0.3) is 0 Å². The van der Waals surface area contributed by atoms with Gasteiger partial charge in [-0.15, -0.1) is 0 Å². The van der Waals surface area contributed by atoms with Gasteiger partial charge in [0.15, 0.2) is 0 Å². The molecule has 0 saturated carbocycles. The quantitative estimate of drug-likeness (QED) is 0.726. The molecule has 2 unspecified atom stereocenters. The van der Waals surface area contributed by atoms with E-state index in [0.717, 1.165) is 6.29 Å². The number of carbonyl (C=O) groups excluding carboxylic acids is 1. The summed E-state index contributed by atoms with van der Waals surface area (Å²) in [5.41, 5.74) is 0. The van der Waals surface area contributed by atoms with E-state index in [0.29, 0.717) is 37.4 Å². The number of rotatable bonds is 5. The molecule has 0 aromatic heterocycles. The molecule has 4 nitrogen and oxygen atoms in total. The van der Waals surface area contributed by atoms with Gasteiger partial charge in [0.2, 0.25) is 0 Å². The Balaban J connectivity index is 2.54. The van der Waals surface area contributed by atoms with Gasteiger partial charge in [-0.2, -0.15) is 0 Å². The molecule has 1 saturated heterocycles. The average molecular weight is 228 g/mol. The number of carbonyl (C=O) groups is 2. The van der Waals surface area contributed by atoms with Crippen LogP contribution in [0.4, 0.5) is 0 Å². The fourth-order valence-corrected chi connectivity index (χ4v) is 2.47. The summed E-state index contributed by atoms with van der Waals surface area (Å²) in [6.07, 6.45) is 1.39. The SMILES string of the molecule is C[C@@H]1COC[C@H](C)C1CC(C=O)CC(=O)O. The Kier molecular flexibility index (Phi) is 4.93. The van der Waals surface area contributed by atoms with Crippen LogP contribution < -0.4 is 0 Å². The highest BCUT2D eigenvalue weighted by Crippen LogP contribution is 2.32. The van der Waals surface area contributed by atoms with Crippen LogP contribution in [-0.4, -0.2) is 30.6 Å². The van der Waals surface area contributed by atoms with Crippen molar-refractivity contribution in [1.29, 1.82) is 0 Å². The smallest absolute Gasteiger partial charge is 0.304 e. The molecule has 92 valence electrons. The summed E-state index contributed by atoms with van der Waals surface area (Å²) in [6, 6.07) is 0. The van der Waals surface area contributed by atoms with Crippen LogP contribution in [-0.2, 0) is 14.3 Å². The Labute approximate surface area is 96.0 Å². The Morgan fingerprint density at radius 3 is 2.44 bits per heavy atom. The average Bonchev–Trinajstić information content (AvgIpc) is 2.21. The molecule has 0 radical (unpaired) electrons. The molecule has 0 spiro atoms. The van der Waals surface area contributed by atoms with E-state index in [-0.39, 0.29) is 12.3 Å². The molecule has 4 atom stereocenters. The number of hydrogen-bond acceptors (Lipinski definition) is 3. The third-order valence-corrected chi connectivity index (χ3v) is 3.43. The Morgan fingerprint density at radius 1 is 1.44 bits per heavy atom. The number of aliphatic carboxylic acids is 1. The maximum absolute atomic E-state index is 10.8. The van der Waals surface area contributed by atoms with E-state index >= 15 is 0 Å². The van der Waals surface area contributed by atoms with Crippen LogP contribution in [0.25, 0.3) is 0 Å². The molecule has 0 bridgehead atoms. The van der Waals surface area contributed by atoms with Crippen molar-refractivity contribution in [2.75, 3.05) is 13.2 Å². The standard InChI is InChI=1S/C12H20O4/c1-8-6-16-7-9(2)11(8)3-10(5-13)4-12(14)15/h5,8-11H,3-4,6-7H2,1-2H3,(H,14,15)/t8-,9+,10?,11?. The van der Waals surface area contributed by atoms with Crippen molar-refractivity contribution < 1.29 is 19.4 Å². The first-order valence-electron chi connectivity index (χ1n) is 5.79. The second kappa shape index (κ2) is 5.99. The molecule has 0 aliphatic carbocycles. The molecule has 1 N–H and O–H groups in total. The molecule has 0 amide bonds. The van der Waals surface area contributed by atoms with Gasteiger partial charge in [0.1, 0.15) is 6.29 Å². The topological polar surface area (TPSA) is 63.6 Å². The Morgan fingerprint density at radius 2 is 2.00 bits per heavy atom. The largest absolute Gasteiger partial charge is 0.481 e. The van der Waals surface area contributed by atoms with Gasteiger partial charge in [0.05, 0.1) is 6.42 Å². The Hall–Kier alpha value is -0.900. The van der Waals surface area contributed by atoms with Gasteiger partial charge in [-0.1, -0.05) is 13.8 Å². The molecule has 1 rings (SSSR count). The van der Waals surface area contributed by atoms with Gasteiger partial charge >= 0.3 is 5.97 Å². The second-order valence-electron chi connectivity index (χ2n) is 4.89. The molecule has 16 heavy (non-hydrogen) atoms. The lowest BCUT2D eigenvalue weighted by molar-refractivity contribution is -0.139.